The SMILES string of the molecule is O=C(N[C@@H]1CCN2CCCC[C@@H]12)[C@@H](c1ccccc1)n1cccn1. The fourth-order valence-corrected chi connectivity index (χ4v) is 4.17. The van der Waals surface area contributed by atoms with Gasteiger partial charge in [0.2, 0.25) is 5.91 Å². The highest BCUT2D eigenvalue weighted by molar-refractivity contribution is 5.83. The van der Waals surface area contributed by atoms with Gasteiger partial charge in [0, 0.05) is 31.0 Å². The maximum absolute atomic E-state index is 13.1. The number of hydrogen-bond donors (Lipinski definition) is 1. The first-order valence-electron chi connectivity index (χ1n) is 8.91. The van der Waals surface area contributed by atoms with Gasteiger partial charge in [-0.25, -0.2) is 0 Å². The summed E-state index contributed by atoms with van der Waals surface area (Å²) < 4.78 is 1.75. The Morgan fingerprint density at radius 2 is 2.00 bits per heavy atom. The first-order valence-corrected chi connectivity index (χ1v) is 8.91. The van der Waals surface area contributed by atoms with E-state index in [1.807, 2.05) is 42.6 Å². The monoisotopic (exact) mass is 324 g/mol. The van der Waals surface area contributed by atoms with Gasteiger partial charge in [0.15, 0.2) is 6.04 Å². The Hall–Kier alpha value is -2.14. The molecule has 1 aromatic carbocycles. The van der Waals surface area contributed by atoms with Crippen LogP contribution in [0.15, 0.2) is 48.8 Å². The molecule has 2 aliphatic rings. The Bertz CT molecular complexity index is 670. The van der Waals surface area contributed by atoms with Crippen molar-refractivity contribution in [2.45, 2.75) is 43.8 Å². The lowest BCUT2D eigenvalue weighted by molar-refractivity contribution is -0.124. The molecule has 5 nitrogen and oxygen atoms in total. The van der Waals surface area contributed by atoms with Gasteiger partial charge < -0.3 is 5.32 Å². The summed E-state index contributed by atoms with van der Waals surface area (Å²) in [5.41, 5.74) is 0.970. The number of rotatable bonds is 4. The first kappa shape index (κ1) is 15.4. The van der Waals surface area contributed by atoms with Gasteiger partial charge in [0.1, 0.15) is 0 Å². The molecule has 126 valence electrons. The van der Waals surface area contributed by atoms with Crippen LogP contribution in [-0.2, 0) is 4.79 Å². The Kier molecular flexibility index (Phi) is 4.34. The average Bonchev–Trinajstić information content (AvgIpc) is 3.27. The van der Waals surface area contributed by atoms with Gasteiger partial charge in [0.05, 0.1) is 0 Å². The van der Waals surface area contributed by atoms with Crippen LogP contribution in [-0.4, -0.2) is 45.8 Å². The summed E-state index contributed by atoms with van der Waals surface area (Å²) in [6.07, 6.45) is 8.39. The molecule has 2 aliphatic heterocycles. The van der Waals surface area contributed by atoms with E-state index in [0.717, 1.165) is 18.5 Å². The van der Waals surface area contributed by atoms with Crippen molar-refractivity contribution >= 4 is 5.91 Å². The third kappa shape index (κ3) is 2.96. The molecule has 0 unspecified atom stereocenters. The molecular weight excluding hydrogens is 300 g/mol. The predicted molar refractivity (Wildman–Crippen MR) is 92.6 cm³/mol. The molecule has 1 N–H and O–H groups in total. The lowest BCUT2D eigenvalue weighted by Crippen LogP contribution is -2.48. The summed E-state index contributed by atoms with van der Waals surface area (Å²) in [5, 5.41) is 7.64. The van der Waals surface area contributed by atoms with E-state index in [4.69, 9.17) is 0 Å². The number of aromatic nitrogens is 2. The molecule has 0 saturated carbocycles. The molecule has 2 fully saturated rings. The van der Waals surface area contributed by atoms with Gasteiger partial charge in [-0.05, 0) is 37.4 Å². The van der Waals surface area contributed by atoms with Crippen LogP contribution in [0, 0.1) is 0 Å². The minimum absolute atomic E-state index is 0.0438. The molecule has 1 amide bonds. The highest BCUT2D eigenvalue weighted by atomic mass is 16.2. The van der Waals surface area contributed by atoms with Crippen LogP contribution < -0.4 is 5.32 Å². The molecule has 2 aromatic rings. The minimum Gasteiger partial charge on any atom is -0.350 e. The summed E-state index contributed by atoms with van der Waals surface area (Å²) in [6.45, 7) is 2.28. The van der Waals surface area contributed by atoms with Crippen molar-refractivity contribution < 1.29 is 4.79 Å². The van der Waals surface area contributed by atoms with E-state index in [9.17, 15) is 4.79 Å². The Morgan fingerprint density at radius 1 is 1.12 bits per heavy atom. The number of piperidine rings is 1. The number of benzene rings is 1. The molecular formula is C19H24N4O. The fourth-order valence-electron chi connectivity index (χ4n) is 4.17. The minimum atomic E-state index is -0.404. The second-order valence-electron chi connectivity index (χ2n) is 6.80. The zero-order chi connectivity index (χ0) is 16.4. The number of carbonyl (C=O) groups is 1. The smallest absolute Gasteiger partial charge is 0.249 e. The zero-order valence-electron chi connectivity index (χ0n) is 13.8. The third-order valence-electron chi connectivity index (χ3n) is 5.34. The predicted octanol–water partition coefficient (Wildman–Crippen LogP) is 2.22. The van der Waals surface area contributed by atoms with E-state index in [1.165, 1.54) is 25.8 Å². The largest absolute Gasteiger partial charge is 0.350 e. The molecule has 5 heteroatoms. The number of nitrogens with zero attached hydrogens (tertiary/aromatic N) is 3. The quantitative estimate of drug-likeness (QED) is 0.938. The van der Waals surface area contributed by atoms with Crippen molar-refractivity contribution in [2.75, 3.05) is 13.1 Å². The lowest BCUT2D eigenvalue weighted by Gasteiger charge is -2.33. The van der Waals surface area contributed by atoms with Crippen molar-refractivity contribution in [3.63, 3.8) is 0 Å². The van der Waals surface area contributed by atoms with E-state index in [1.54, 1.807) is 10.9 Å². The third-order valence-corrected chi connectivity index (χ3v) is 5.34. The van der Waals surface area contributed by atoms with E-state index >= 15 is 0 Å². The molecule has 1 aromatic heterocycles. The van der Waals surface area contributed by atoms with Crippen molar-refractivity contribution in [1.29, 1.82) is 0 Å². The highest BCUT2D eigenvalue weighted by Crippen LogP contribution is 2.28. The van der Waals surface area contributed by atoms with Crippen LogP contribution >= 0.6 is 0 Å². The van der Waals surface area contributed by atoms with Crippen LogP contribution in [0.4, 0.5) is 0 Å². The molecule has 0 aliphatic carbocycles. The van der Waals surface area contributed by atoms with Crippen LogP contribution in [0.5, 0.6) is 0 Å². The van der Waals surface area contributed by atoms with E-state index in [2.05, 4.69) is 15.3 Å². The van der Waals surface area contributed by atoms with Gasteiger partial charge in [-0.2, -0.15) is 5.10 Å². The molecule has 4 rings (SSSR count). The fraction of sp³-hybridized carbons (Fsp3) is 0.474. The van der Waals surface area contributed by atoms with E-state index in [-0.39, 0.29) is 11.9 Å². The lowest BCUT2D eigenvalue weighted by atomic mass is 9.98. The van der Waals surface area contributed by atoms with E-state index in [0.29, 0.717) is 6.04 Å². The molecule has 3 heterocycles. The Morgan fingerprint density at radius 3 is 2.79 bits per heavy atom. The van der Waals surface area contributed by atoms with E-state index < -0.39 is 6.04 Å². The maximum Gasteiger partial charge on any atom is 0.249 e. The number of fused-ring (bicyclic) bond motifs is 1. The van der Waals surface area contributed by atoms with Crippen molar-refractivity contribution in [1.82, 2.24) is 20.0 Å². The number of carbonyl (C=O) groups excluding carboxylic acids is 1. The first-order chi connectivity index (χ1) is 11.8. The van der Waals surface area contributed by atoms with Crippen LogP contribution in [0.2, 0.25) is 0 Å². The number of amides is 1. The second kappa shape index (κ2) is 6.77. The normalized spacial score (nSPS) is 25.2. The summed E-state index contributed by atoms with van der Waals surface area (Å²) in [5.74, 6) is 0.0438. The highest BCUT2D eigenvalue weighted by Gasteiger charge is 2.37. The molecule has 2 saturated heterocycles. The maximum atomic E-state index is 13.1. The standard InChI is InChI=1S/C19H24N4O/c24-19(21-16-10-14-22-12-5-4-9-17(16)22)18(23-13-6-11-20-23)15-7-2-1-3-8-15/h1-3,6-8,11,13,16-18H,4-5,9-10,12,14H2,(H,21,24)/t16-,17+,18-/m1/s1. The van der Waals surface area contributed by atoms with Crippen LogP contribution in [0.25, 0.3) is 0 Å². The summed E-state index contributed by atoms with van der Waals surface area (Å²) in [7, 11) is 0. The van der Waals surface area contributed by atoms with Crippen LogP contribution in [0.1, 0.15) is 37.3 Å². The number of nitrogens with one attached hydrogen (secondary N) is 1. The van der Waals surface area contributed by atoms with Gasteiger partial charge in [-0.15, -0.1) is 0 Å². The van der Waals surface area contributed by atoms with Gasteiger partial charge in [0.25, 0.3) is 0 Å². The van der Waals surface area contributed by atoms with Crippen molar-refractivity contribution in [3.8, 4) is 0 Å². The molecule has 0 radical (unpaired) electrons. The van der Waals surface area contributed by atoms with Crippen molar-refractivity contribution in [2.24, 2.45) is 0 Å². The molecule has 0 bridgehead atoms. The Labute approximate surface area is 142 Å². The van der Waals surface area contributed by atoms with Crippen LogP contribution in [0.3, 0.4) is 0 Å². The average molecular weight is 324 g/mol. The molecule has 3 atom stereocenters. The number of hydrogen-bond acceptors (Lipinski definition) is 3. The van der Waals surface area contributed by atoms with Gasteiger partial charge >= 0.3 is 0 Å². The van der Waals surface area contributed by atoms with Crippen molar-refractivity contribution in [3.05, 3.63) is 54.4 Å². The van der Waals surface area contributed by atoms with Gasteiger partial charge in [-0.1, -0.05) is 36.8 Å². The second-order valence-corrected chi connectivity index (χ2v) is 6.80. The van der Waals surface area contributed by atoms with Gasteiger partial charge in [-0.3, -0.25) is 14.4 Å². The Balaban J connectivity index is 1.54. The zero-order valence-corrected chi connectivity index (χ0v) is 13.8. The summed E-state index contributed by atoms with van der Waals surface area (Å²) in [4.78, 5) is 15.6. The topological polar surface area (TPSA) is 50.2 Å². The molecule has 24 heavy (non-hydrogen) atoms. The summed E-state index contributed by atoms with van der Waals surface area (Å²) in [6, 6.07) is 12.1. The summed E-state index contributed by atoms with van der Waals surface area (Å²) >= 11 is 0. The molecule has 0 spiro atoms.